The number of carbonyl (C=O) groups excluding carboxylic acids is 1. The van der Waals surface area contributed by atoms with Gasteiger partial charge in [0, 0.05) is 36.3 Å². The van der Waals surface area contributed by atoms with Crippen LogP contribution in [0.2, 0.25) is 0 Å². The molecule has 0 spiro atoms. The van der Waals surface area contributed by atoms with Crippen LogP contribution in [0, 0.1) is 12.7 Å². The normalized spacial score (nSPS) is 14.0. The highest BCUT2D eigenvalue weighted by molar-refractivity contribution is 5.94. The van der Waals surface area contributed by atoms with Crippen LogP contribution in [0.25, 0.3) is 0 Å². The first-order chi connectivity index (χ1) is 14.1. The molecule has 0 unspecified atom stereocenters. The molecule has 4 rings (SSSR count). The maximum atomic E-state index is 13.8. The van der Waals surface area contributed by atoms with E-state index in [1.165, 1.54) is 6.07 Å². The van der Waals surface area contributed by atoms with Crippen molar-refractivity contribution < 1.29 is 18.3 Å². The molecule has 0 atom stereocenters. The van der Waals surface area contributed by atoms with Crippen molar-refractivity contribution in [2.75, 3.05) is 13.2 Å². The highest BCUT2D eigenvalue weighted by atomic mass is 19.1. The van der Waals surface area contributed by atoms with Crippen LogP contribution in [0.5, 0.6) is 5.75 Å². The molecule has 0 aliphatic carbocycles. The molecule has 2 heterocycles. The Morgan fingerprint density at radius 2 is 2.03 bits per heavy atom. The van der Waals surface area contributed by atoms with E-state index in [9.17, 15) is 9.18 Å². The zero-order valence-corrected chi connectivity index (χ0v) is 16.3. The number of nitrogens with one attached hydrogen (secondary N) is 1. The molecule has 5 nitrogen and oxygen atoms in total. The minimum atomic E-state index is -0.327. The number of carbonyl (C=O) groups is 1. The lowest BCUT2D eigenvalue weighted by Gasteiger charge is -2.18. The Morgan fingerprint density at radius 1 is 1.17 bits per heavy atom. The lowest BCUT2D eigenvalue weighted by atomic mass is 10.1. The molecule has 2 aromatic carbocycles. The standard InChI is InChI=1S/C23H23FN2O3/c1-16-6-8-20(29-16)15-26-10-11-28-22-9-7-17(12-19(22)14-26)23(27)25-13-18-4-2-3-5-21(18)24/h2-9,12H,10-11,13-15H2,1H3,(H,25,27). The lowest BCUT2D eigenvalue weighted by molar-refractivity contribution is 0.0950. The second-order valence-corrected chi connectivity index (χ2v) is 7.17. The molecule has 1 amide bonds. The van der Waals surface area contributed by atoms with Crippen molar-refractivity contribution in [1.82, 2.24) is 10.2 Å². The molecule has 150 valence electrons. The second kappa shape index (κ2) is 8.49. The zero-order valence-electron chi connectivity index (χ0n) is 16.3. The molecule has 1 aliphatic rings. The maximum Gasteiger partial charge on any atom is 0.251 e. The number of amides is 1. The van der Waals surface area contributed by atoms with Gasteiger partial charge in [-0.25, -0.2) is 4.39 Å². The third-order valence-electron chi connectivity index (χ3n) is 4.95. The van der Waals surface area contributed by atoms with Gasteiger partial charge >= 0.3 is 0 Å². The van der Waals surface area contributed by atoms with Crippen LogP contribution >= 0.6 is 0 Å². The summed E-state index contributed by atoms with van der Waals surface area (Å²) in [5.41, 5.74) is 1.93. The third-order valence-corrected chi connectivity index (χ3v) is 4.95. The topological polar surface area (TPSA) is 54.7 Å². The zero-order chi connectivity index (χ0) is 20.2. The number of furan rings is 1. The molecule has 0 saturated carbocycles. The number of fused-ring (bicyclic) bond motifs is 1. The van der Waals surface area contributed by atoms with E-state index >= 15 is 0 Å². The number of rotatable bonds is 5. The molecule has 0 bridgehead atoms. The molecular formula is C23H23FN2O3. The minimum absolute atomic E-state index is 0.142. The molecule has 1 aliphatic heterocycles. The number of benzene rings is 2. The first-order valence-corrected chi connectivity index (χ1v) is 9.63. The predicted molar refractivity (Wildman–Crippen MR) is 107 cm³/mol. The van der Waals surface area contributed by atoms with Gasteiger partial charge in [0.2, 0.25) is 0 Å². The number of nitrogens with zero attached hydrogens (tertiary/aromatic N) is 1. The summed E-state index contributed by atoms with van der Waals surface area (Å²) >= 11 is 0. The van der Waals surface area contributed by atoms with Crippen molar-refractivity contribution in [2.24, 2.45) is 0 Å². The number of hydrogen-bond donors (Lipinski definition) is 1. The molecular weight excluding hydrogens is 371 g/mol. The maximum absolute atomic E-state index is 13.8. The Morgan fingerprint density at radius 3 is 2.83 bits per heavy atom. The van der Waals surface area contributed by atoms with E-state index < -0.39 is 0 Å². The van der Waals surface area contributed by atoms with E-state index in [2.05, 4.69) is 10.2 Å². The number of aryl methyl sites for hydroxylation is 1. The molecule has 3 aromatic rings. The quantitative estimate of drug-likeness (QED) is 0.709. The van der Waals surface area contributed by atoms with Crippen LogP contribution in [0.1, 0.15) is 33.0 Å². The number of hydrogen-bond acceptors (Lipinski definition) is 4. The first kappa shape index (κ1) is 19.2. The summed E-state index contributed by atoms with van der Waals surface area (Å²) < 4.78 is 25.3. The van der Waals surface area contributed by atoms with Crippen LogP contribution < -0.4 is 10.1 Å². The van der Waals surface area contributed by atoms with E-state index in [0.717, 1.165) is 29.4 Å². The summed E-state index contributed by atoms with van der Waals surface area (Å²) in [6.45, 7) is 4.75. The van der Waals surface area contributed by atoms with Crippen LogP contribution in [0.15, 0.2) is 59.0 Å². The summed E-state index contributed by atoms with van der Waals surface area (Å²) in [5, 5.41) is 2.78. The van der Waals surface area contributed by atoms with E-state index in [0.29, 0.717) is 30.8 Å². The Labute approximate surface area is 169 Å². The summed E-state index contributed by atoms with van der Waals surface area (Å²) in [6.07, 6.45) is 0. The van der Waals surface area contributed by atoms with E-state index in [1.54, 1.807) is 24.3 Å². The fourth-order valence-corrected chi connectivity index (χ4v) is 3.43. The van der Waals surface area contributed by atoms with Crippen molar-refractivity contribution in [3.8, 4) is 5.75 Å². The average molecular weight is 394 g/mol. The molecule has 1 aromatic heterocycles. The smallest absolute Gasteiger partial charge is 0.251 e. The number of ether oxygens (including phenoxy) is 1. The van der Waals surface area contributed by atoms with Crippen molar-refractivity contribution >= 4 is 5.91 Å². The van der Waals surface area contributed by atoms with Crippen molar-refractivity contribution in [3.63, 3.8) is 0 Å². The summed E-state index contributed by atoms with van der Waals surface area (Å²) in [5.74, 6) is 2.01. The average Bonchev–Trinajstić information content (AvgIpc) is 3.01. The monoisotopic (exact) mass is 394 g/mol. The predicted octanol–water partition coefficient (Wildman–Crippen LogP) is 4.05. The van der Waals surface area contributed by atoms with Gasteiger partial charge in [-0.05, 0) is 43.3 Å². The Balaban J connectivity index is 1.45. The lowest BCUT2D eigenvalue weighted by Crippen LogP contribution is -2.25. The van der Waals surface area contributed by atoms with Gasteiger partial charge in [-0.15, -0.1) is 0 Å². The van der Waals surface area contributed by atoms with Crippen LogP contribution in [-0.4, -0.2) is 24.0 Å². The van der Waals surface area contributed by atoms with Gasteiger partial charge in [-0.2, -0.15) is 0 Å². The van der Waals surface area contributed by atoms with E-state index in [-0.39, 0.29) is 18.3 Å². The van der Waals surface area contributed by atoms with E-state index in [4.69, 9.17) is 9.15 Å². The Bertz CT molecular complexity index is 1010. The fourth-order valence-electron chi connectivity index (χ4n) is 3.43. The van der Waals surface area contributed by atoms with Crippen molar-refractivity contribution in [1.29, 1.82) is 0 Å². The van der Waals surface area contributed by atoms with Gasteiger partial charge in [-0.1, -0.05) is 18.2 Å². The van der Waals surface area contributed by atoms with Gasteiger partial charge in [0.25, 0.3) is 5.91 Å². The molecule has 0 saturated heterocycles. The van der Waals surface area contributed by atoms with Gasteiger partial charge in [0.05, 0.1) is 6.54 Å². The molecule has 6 heteroatoms. The largest absolute Gasteiger partial charge is 0.492 e. The summed E-state index contributed by atoms with van der Waals surface area (Å²) in [6, 6.07) is 15.8. The van der Waals surface area contributed by atoms with Gasteiger partial charge in [0.15, 0.2) is 0 Å². The molecule has 1 N–H and O–H groups in total. The second-order valence-electron chi connectivity index (χ2n) is 7.17. The minimum Gasteiger partial charge on any atom is -0.492 e. The van der Waals surface area contributed by atoms with Crippen LogP contribution in [0.3, 0.4) is 0 Å². The van der Waals surface area contributed by atoms with Crippen LogP contribution in [0.4, 0.5) is 4.39 Å². The highest BCUT2D eigenvalue weighted by Gasteiger charge is 2.18. The third kappa shape index (κ3) is 4.66. The van der Waals surface area contributed by atoms with Gasteiger partial charge < -0.3 is 14.5 Å². The van der Waals surface area contributed by atoms with Gasteiger partial charge in [0.1, 0.15) is 29.7 Å². The molecule has 29 heavy (non-hydrogen) atoms. The highest BCUT2D eigenvalue weighted by Crippen LogP contribution is 2.25. The Kier molecular flexibility index (Phi) is 5.62. The molecule has 0 fully saturated rings. The van der Waals surface area contributed by atoms with Gasteiger partial charge in [-0.3, -0.25) is 9.69 Å². The first-order valence-electron chi connectivity index (χ1n) is 9.63. The SMILES string of the molecule is Cc1ccc(CN2CCOc3ccc(C(=O)NCc4ccccc4F)cc3C2)o1. The fraction of sp³-hybridized carbons (Fsp3) is 0.261. The van der Waals surface area contributed by atoms with E-state index in [1.807, 2.05) is 31.2 Å². The summed E-state index contributed by atoms with van der Waals surface area (Å²) in [4.78, 5) is 14.8. The Hall–Kier alpha value is -3.12. The summed E-state index contributed by atoms with van der Waals surface area (Å²) in [7, 11) is 0. The molecule has 0 radical (unpaired) electrons. The van der Waals surface area contributed by atoms with Crippen LogP contribution in [-0.2, 0) is 19.6 Å². The van der Waals surface area contributed by atoms with Crippen molar-refractivity contribution in [3.05, 3.63) is 88.6 Å². The van der Waals surface area contributed by atoms with Crippen molar-refractivity contribution in [2.45, 2.75) is 26.6 Å². The number of halogens is 1.